The van der Waals surface area contributed by atoms with Crippen molar-refractivity contribution in [2.75, 3.05) is 41.8 Å². The molecule has 4 rings (SSSR count). The number of ether oxygens (including phenoxy) is 2. The van der Waals surface area contributed by atoms with Crippen LogP contribution in [0, 0.1) is 23.0 Å². The lowest BCUT2D eigenvalue weighted by atomic mass is 9.72. The van der Waals surface area contributed by atoms with E-state index in [0.717, 1.165) is 12.5 Å². The van der Waals surface area contributed by atoms with Gasteiger partial charge < -0.3 is 30.3 Å². The first-order valence-corrected chi connectivity index (χ1v) is 12.6. The summed E-state index contributed by atoms with van der Waals surface area (Å²) in [4.78, 5) is 22.6. The van der Waals surface area contributed by atoms with Gasteiger partial charge in [0.15, 0.2) is 29.1 Å². The van der Waals surface area contributed by atoms with Gasteiger partial charge in [0.25, 0.3) is 0 Å². The van der Waals surface area contributed by atoms with Gasteiger partial charge in [-0.15, -0.1) is 0 Å². The summed E-state index contributed by atoms with van der Waals surface area (Å²) in [5.41, 5.74) is -1.35. The highest BCUT2D eigenvalue weighted by molar-refractivity contribution is 5.69. The van der Waals surface area contributed by atoms with E-state index in [1.807, 2.05) is 13.0 Å². The van der Waals surface area contributed by atoms with E-state index in [0.29, 0.717) is 39.1 Å². The monoisotopic (exact) mass is 529 g/mol. The van der Waals surface area contributed by atoms with Crippen LogP contribution in [0.2, 0.25) is 0 Å². The number of amides is 1. The predicted octanol–water partition coefficient (Wildman–Crippen LogP) is 4.45. The predicted molar refractivity (Wildman–Crippen MR) is 138 cm³/mol. The molecule has 0 radical (unpaired) electrons. The van der Waals surface area contributed by atoms with Gasteiger partial charge in [-0.05, 0) is 59.1 Å². The fourth-order valence-corrected chi connectivity index (χ4v) is 4.49. The summed E-state index contributed by atoms with van der Waals surface area (Å²) < 4.78 is 41.1. The molecule has 3 heterocycles. The number of pyridine rings is 2. The second kappa shape index (κ2) is 10.9. The van der Waals surface area contributed by atoms with E-state index in [-0.39, 0.29) is 28.7 Å². The number of carbonyl (C=O) groups is 1. The number of nitrogens with zero attached hydrogens (tertiary/aromatic N) is 4. The lowest BCUT2D eigenvalue weighted by Gasteiger charge is -2.47. The standard InChI is InChI=1S/C26H33F2N7O3/c1-16(31-24(36)38-25(2,3)4)26(7-5-8-26)34-22-18(27)14-17(15-29)21(33-22)32-19-6-9-30-23(20(19)28)35-10-12-37-13-11-35/h6,9,14,16H,5,7-8,10-13H2,1-4H3,(H,31,36)(H2,30,32,33,34)/t16-/m0/s1. The highest BCUT2D eigenvalue weighted by Crippen LogP contribution is 2.39. The Morgan fingerprint density at radius 2 is 1.97 bits per heavy atom. The van der Waals surface area contributed by atoms with Gasteiger partial charge in [-0.3, -0.25) is 0 Å². The van der Waals surface area contributed by atoms with Gasteiger partial charge in [0, 0.05) is 19.3 Å². The molecule has 38 heavy (non-hydrogen) atoms. The number of hydrogen-bond acceptors (Lipinski definition) is 9. The van der Waals surface area contributed by atoms with Crippen molar-refractivity contribution in [3.05, 3.63) is 35.5 Å². The van der Waals surface area contributed by atoms with Crippen LogP contribution >= 0.6 is 0 Å². The number of nitriles is 1. The first-order valence-electron chi connectivity index (χ1n) is 12.6. The number of alkyl carbamates (subject to hydrolysis) is 1. The molecule has 3 N–H and O–H groups in total. The molecule has 1 aliphatic carbocycles. The molecule has 1 amide bonds. The number of morpholine rings is 1. The summed E-state index contributed by atoms with van der Waals surface area (Å²) >= 11 is 0. The Kier molecular flexibility index (Phi) is 7.87. The highest BCUT2D eigenvalue weighted by atomic mass is 19.1. The van der Waals surface area contributed by atoms with Crippen LogP contribution in [0.3, 0.4) is 0 Å². The Bertz CT molecular complexity index is 1220. The van der Waals surface area contributed by atoms with Gasteiger partial charge >= 0.3 is 6.09 Å². The fraction of sp³-hybridized carbons (Fsp3) is 0.538. The number of anilines is 4. The summed E-state index contributed by atoms with van der Waals surface area (Å²) in [6.45, 7) is 9.06. The van der Waals surface area contributed by atoms with Gasteiger partial charge in [0.2, 0.25) is 0 Å². The molecule has 204 valence electrons. The van der Waals surface area contributed by atoms with E-state index in [9.17, 15) is 10.1 Å². The molecule has 2 aromatic rings. The number of hydrogen-bond donors (Lipinski definition) is 3. The molecule has 12 heteroatoms. The zero-order chi connectivity index (χ0) is 27.5. The Labute approximate surface area is 220 Å². The zero-order valence-electron chi connectivity index (χ0n) is 22.0. The third-order valence-electron chi connectivity index (χ3n) is 6.71. The second-order valence-corrected chi connectivity index (χ2v) is 10.5. The first kappa shape index (κ1) is 27.3. The van der Waals surface area contributed by atoms with Crippen molar-refractivity contribution < 1.29 is 23.0 Å². The normalized spacial score (nSPS) is 17.6. The van der Waals surface area contributed by atoms with Gasteiger partial charge in [-0.1, -0.05) is 0 Å². The van der Waals surface area contributed by atoms with E-state index >= 15 is 8.78 Å². The quantitative estimate of drug-likeness (QED) is 0.477. The van der Waals surface area contributed by atoms with Crippen LogP contribution in [0.25, 0.3) is 0 Å². The van der Waals surface area contributed by atoms with Crippen molar-refractivity contribution in [3.63, 3.8) is 0 Å². The van der Waals surface area contributed by atoms with Crippen molar-refractivity contribution in [2.24, 2.45) is 0 Å². The lowest BCUT2D eigenvalue weighted by Crippen LogP contribution is -2.60. The van der Waals surface area contributed by atoms with Crippen molar-refractivity contribution in [1.29, 1.82) is 5.26 Å². The molecule has 0 spiro atoms. The van der Waals surface area contributed by atoms with E-state index in [4.69, 9.17) is 9.47 Å². The molecule has 2 fully saturated rings. The number of halogens is 2. The molecule has 2 aromatic heterocycles. The summed E-state index contributed by atoms with van der Waals surface area (Å²) in [5.74, 6) is -1.28. The van der Waals surface area contributed by atoms with Crippen molar-refractivity contribution >= 4 is 29.2 Å². The van der Waals surface area contributed by atoms with Gasteiger partial charge in [0.1, 0.15) is 11.7 Å². The number of nitrogens with one attached hydrogen (secondary N) is 3. The average molecular weight is 530 g/mol. The molecular weight excluding hydrogens is 496 g/mol. The van der Waals surface area contributed by atoms with Crippen LogP contribution in [0.15, 0.2) is 18.3 Å². The summed E-state index contributed by atoms with van der Waals surface area (Å²) in [7, 11) is 0. The molecule has 1 aliphatic heterocycles. The van der Waals surface area contributed by atoms with Gasteiger partial charge in [-0.25, -0.2) is 23.5 Å². The molecule has 0 aromatic carbocycles. The number of rotatable bonds is 7. The zero-order valence-corrected chi connectivity index (χ0v) is 22.0. The fourth-order valence-electron chi connectivity index (χ4n) is 4.49. The molecule has 0 bridgehead atoms. The lowest BCUT2D eigenvalue weighted by molar-refractivity contribution is 0.0465. The maximum absolute atomic E-state index is 15.4. The molecule has 1 saturated carbocycles. The largest absolute Gasteiger partial charge is 0.444 e. The number of aromatic nitrogens is 2. The van der Waals surface area contributed by atoms with Crippen LogP contribution in [0.5, 0.6) is 0 Å². The van der Waals surface area contributed by atoms with E-state index < -0.39 is 34.9 Å². The minimum Gasteiger partial charge on any atom is -0.444 e. The Morgan fingerprint density at radius 1 is 1.26 bits per heavy atom. The molecule has 1 atom stereocenters. The highest BCUT2D eigenvalue weighted by Gasteiger charge is 2.44. The molecule has 1 saturated heterocycles. The van der Waals surface area contributed by atoms with Crippen molar-refractivity contribution in [2.45, 2.75) is 64.1 Å². The van der Waals surface area contributed by atoms with Crippen LogP contribution in [0.4, 0.5) is 36.7 Å². The minimum atomic E-state index is -0.730. The van der Waals surface area contributed by atoms with Crippen molar-refractivity contribution in [1.82, 2.24) is 15.3 Å². The Balaban J connectivity index is 1.57. The summed E-state index contributed by atoms with van der Waals surface area (Å²) in [6.07, 6.45) is 3.09. The maximum Gasteiger partial charge on any atom is 0.407 e. The maximum atomic E-state index is 15.4. The molecule has 10 nitrogen and oxygen atoms in total. The second-order valence-electron chi connectivity index (χ2n) is 10.5. The van der Waals surface area contributed by atoms with Gasteiger partial charge in [0.05, 0.1) is 36.0 Å². The van der Waals surface area contributed by atoms with Crippen LogP contribution in [-0.2, 0) is 9.47 Å². The smallest absolute Gasteiger partial charge is 0.407 e. The van der Waals surface area contributed by atoms with Crippen LogP contribution in [-0.4, -0.2) is 59.5 Å². The summed E-state index contributed by atoms with van der Waals surface area (Å²) in [5, 5.41) is 18.4. The SMILES string of the molecule is C[C@H](NC(=O)OC(C)(C)C)C1(Nc2nc(Nc3ccnc(N4CCOCC4)c3F)c(C#N)cc2F)CCC1. The van der Waals surface area contributed by atoms with E-state index in [1.54, 1.807) is 25.7 Å². The van der Waals surface area contributed by atoms with Crippen LogP contribution in [0.1, 0.15) is 52.5 Å². The minimum absolute atomic E-state index is 0.00310. The third-order valence-corrected chi connectivity index (χ3v) is 6.71. The van der Waals surface area contributed by atoms with Crippen molar-refractivity contribution in [3.8, 4) is 6.07 Å². The van der Waals surface area contributed by atoms with E-state index in [2.05, 4.69) is 25.9 Å². The van der Waals surface area contributed by atoms with Crippen LogP contribution < -0.4 is 20.9 Å². The van der Waals surface area contributed by atoms with E-state index in [1.165, 1.54) is 12.3 Å². The summed E-state index contributed by atoms with van der Waals surface area (Å²) in [6, 6.07) is 3.99. The number of carbonyl (C=O) groups excluding carboxylic acids is 1. The third kappa shape index (κ3) is 6.05. The molecule has 0 unspecified atom stereocenters. The van der Waals surface area contributed by atoms with Gasteiger partial charge in [-0.2, -0.15) is 5.26 Å². The molecule has 2 aliphatic rings. The topological polar surface area (TPSA) is 124 Å². The Hall–Kier alpha value is -3.72. The first-order chi connectivity index (χ1) is 18.0. The molecular formula is C26H33F2N7O3. The average Bonchev–Trinajstić information content (AvgIpc) is 2.83. The Morgan fingerprint density at radius 3 is 2.58 bits per heavy atom.